The van der Waals surface area contributed by atoms with Crippen LogP contribution in [0.25, 0.3) is 0 Å². The van der Waals surface area contributed by atoms with Gasteiger partial charge in [-0.2, -0.15) is 0 Å². The number of nitrogens with one attached hydrogen (secondary N) is 1. The molecule has 0 unspecified atom stereocenters. The summed E-state index contributed by atoms with van der Waals surface area (Å²) in [7, 11) is 0. The summed E-state index contributed by atoms with van der Waals surface area (Å²) in [6.45, 7) is 2.14. The van der Waals surface area contributed by atoms with Gasteiger partial charge in [-0.05, 0) is 25.3 Å². The molecule has 1 aromatic heterocycles. The fourth-order valence-electron chi connectivity index (χ4n) is 1.76. The largest absolute Gasteiger partial charge is 0.358 e. The van der Waals surface area contributed by atoms with Gasteiger partial charge < -0.3 is 9.88 Å². The van der Waals surface area contributed by atoms with Crippen LogP contribution in [0.2, 0.25) is 0 Å². The lowest BCUT2D eigenvalue weighted by Crippen LogP contribution is -2.31. The van der Waals surface area contributed by atoms with Crippen molar-refractivity contribution in [3.63, 3.8) is 0 Å². The summed E-state index contributed by atoms with van der Waals surface area (Å²) in [6, 6.07) is 5.32. The average molecular weight is 178 g/mol. The van der Waals surface area contributed by atoms with E-state index in [1.807, 2.05) is 12.1 Å². The van der Waals surface area contributed by atoms with Crippen LogP contribution in [0.5, 0.6) is 0 Å². The molecule has 1 saturated heterocycles. The van der Waals surface area contributed by atoms with Gasteiger partial charge >= 0.3 is 0 Å². The van der Waals surface area contributed by atoms with Gasteiger partial charge in [0.05, 0.1) is 0 Å². The summed E-state index contributed by atoms with van der Waals surface area (Å²) in [5.74, 6) is 0.965. The Morgan fingerprint density at radius 3 is 2.62 bits per heavy atom. The van der Waals surface area contributed by atoms with Crippen molar-refractivity contribution in [3.05, 3.63) is 28.6 Å². The van der Waals surface area contributed by atoms with Gasteiger partial charge in [0.2, 0.25) is 5.56 Å². The first-order chi connectivity index (χ1) is 6.36. The second-order valence-electron chi connectivity index (χ2n) is 3.45. The summed E-state index contributed by atoms with van der Waals surface area (Å²) in [4.78, 5) is 16.1. The van der Waals surface area contributed by atoms with E-state index >= 15 is 0 Å². The smallest absolute Gasteiger partial charge is 0.249 e. The number of rotatable bonds is 1. The van der Waals surface area contributed by atoms with Crippen molar-refractivity contribution in [2.24, 2.45) is 0 Å². The number of piperidine rings is 1. The number of hydrogen-bond donors (Lipinski definition) is 1. The van der Waals surface area contributed by atoms with E-state index in [0.717, 1.165) is 18.9 Å². The minimum Gasteiger partial charge on any atom is -0.358 e. The summed E-state index contributed by atoms with van der Waals surface area (Å²) in [5.41, 5.74) is -0.0110. The summed E-state index contributed by atoms with van der Waals surface area (Å²) in [5, 5.41) is 0. The molecular formula is C10H14N2O. The van der Waals surface area contributed by atoms with Gasteiger partial charge in [-0.1, -0.05) is 6.07 Å². The molecule has 0 amide bonds. The van der Waals surface area contributed by atoms with E-state index in [1.165, 1.54) is 19.3 Å². The molecule has 3 nitrogen and oxygen atoms in total. The fraction of sp³-hybridized carbons (Fsp3) is 0.500. The van der Waals surface area contributed by atoms with Crippen molar-refractivity contribution in [2.45, 2.75) is 19.3 Å². The zero-order valence-electron chi connectivity index (χ0n) is 7.62. The highest BCUT2D eigenvalue weighted by Crippen LogP contribution is 2.15. The molecule has 2 rings (SSSR count). The molecule has 1 fully saturated rings. The van der Waals surface area contributed by atoms with Crippen molar-refractivity contribution < 1.29 is 0 Å². The van der Waals surface area contributed by atoms with Gasteiger partial charge in [-0.25, -0.2) is 0 Å². The molecular weight excluding hydrogens is 164 g/mol. The molecule has 2 heterocycles. The zero-order chi connectivity index (χ0) is 9.10. The number of anilines is 1. The molecule has 70 valence electrons. The van der Waals surface area contributed by atoms with E-state index in [2.05, 4.69) is 9.88 Å². The van der Waals surface area contributed by atoms with Gasteiger partial charge in [-0.15, -0.1) is 0 Å². The predicted octanol–water partition coefficient (Wildman–Crippen LogP) is 1.37. The third kappa shape index (κ3) is 1.91. The van der Waals surface area contributed by atoms with Gasteiger partial charge in [0, 0.05) is 19.2 Å². The van der Waals surface area contributed by atoms with Crippen molar-refractivity contribution in [1.29, 1.82) is 0 Å². The third-order valence-electron chi connectivity index (χ3n) is 2.45. The van der Waals surface area contributed by atoms with E-state index in [0.29, 0.717) is 0 Å². The molecule has 1 N–H and O–H groups in total. The van der Waals surface area contributed by atoms with E-state index in [4.69, 9.17) is 0 Å². The zero-order valence-corrected chi connectivity index (χ0v) is 7.62. The van der Waals surface area contributed by atoms with Crippen molar-refractivity contribution in [3.8, 4) is 0 Å². The fourth-order valence-corrected chi connectivity index (χ4v) is 1.76. The van der Waals surface area contributed by atoms with Crippen LogP contribution in [0.3, 0.4) is 0 Å². The first-order valence-electron chi connectivity index (χ1n) is 4.80. The van der Waals surface area contributed by atoms with Crippen LogP contribution in [0.4, 0.5) is 5.82 Å². The Bertz CT molecular complexity index is 326. The highest BCUT2D eigenvalue weighted by molar-refractivity contribution is 5.37. The van der Waals surface area contributed by atoms with Gasteiger partial charge in [0.15, 0.2) is 0 Å². The van der Waals surface area contributed by atoms with E-state index in [1.54, 1.807) is 6.07 Å². The molecule has 0 atom stereocenters. The van der Waals surface area contributed by atoms with Crippen LogP contribution >= 0.6 is 0 Å². The van der Waals surface area contributed by atoms with Gasteiger partial charge in [0.1, 0.15) is 5.82 Å². The monoisotopic (exact) mass is 178 g/mol. The number of hydrogen-bond acceptors (Lipinski definition) is 2. The van der Waals surface area contributed by atoms with Crippen LogP contribution in [0, 0.1) is 0 Å². The number of H-pyrrole nitrogens is 1. The Balaban J connectivity index is 2.19. The van der Waals surface area contributed by atoms with Crippen molar-refractivity contribution in [1.82, 2.24) is 4.98 Å². The van der Waals surface area contributed by atoms with Crippen LogP contribution in [-0.2, 0) is 0 Å². The Morgan fingerprint density at radius 2 is 1.92 bits per heavy atom. The van der Waals surface area contributed by atoms with Gasteiger partial charge in [0.25, 0.3) is 0 Å². The SMILES string of the molecule is O=c1cccc(N2CCCCC2)[nH]1. The molecule has 0 radical (unpaired) electrons. The molecule has 0 aromatic carbocycles. The maximum Gasteiger partial charge on any atom is 0.249 e. The molecule has 13 heavy (non-hydrogen) atoms. The minimum atomic E-state index is -0.0110. The second-order valence-corrected chi connectivity index (χ2v) is 3.45. The summed E-state index contributed by atoms with van der Waals surface area (Å²) < 4.78 is 0. The quantitative estimate of drug-likeness (QED) is 0.705. The number of nitrogens with zero attached hydrogens (tertiary/aromatic N) is 1. The van der Waals surface area contributed by atoms with Crippen LogP contribution in [0.1, 0.15) is 19.3 Å². The molecule has 0 spiro atoms. The number of pyridine rings is 1. The molecule has 0 bridgehead atoms. The normalized spacial score (nSPS) is 17.4. The lowest BCUT2D eigenvalue weighted by molar-refractivity contribution is 0.573. The minimum absolute atomic E-state index is 0.0110. The van der Waals surface area contributed by atoms with Crippen LogP contribution in [0.15, 0.2) is 23.0 Å². The third-order valence-corrected chi connectivity index (χ3v) is 2.45. The summed E-state index contributed by atoms with van der Waals surface area (Å²) in [6.07, 6.45) is 3.78. The average Bonchev–Trinajstić information content (AvgIpc) is 2.19. The van der Waals surface area contributed by atoms with E-state index < -0.39 is 0 Å². The van der Waals surface area contributed by atoms with Crippen LogP contribution < -0.4 is 10.5 Å². The predicted molar refractivity (Wildman–Crippen MR) is 53.1 cm³/mol. The highest BCUT2D eigenvalue weighted by Gasteiger charge is 2.10. The lowest BCUT2D eigenvalue weighted by Gasteiger charge is -2.27. The highest BCUT2D eigenvalue weighted by atomic mass is 16.1. The maximum atomic E-state index is 11.1. The van der Waals surface area contributed by atoms with Crippen molar-refractivity contribution >= 4 is 5.82 Å². The van der Waals surface area contributed by atoms with Crippen LogP contribution in [-0.4, -0.2) is 18.1 Å². The molecule has 1 aliphatic rings. The molecule has 1 aromatic rings. The topological polar surface area (TPSA) is 36.1 Å². The Hall–Kier alpha value is -1.25. The first kappa shape index (κ1) is 8.35. The maximum absolute atomic E-state index is 11.1. The molecule has 0 aliphatic carbocycles. The summed E-state index contributed by atoms with van der Waals surface area (Å²) >= 11 is 0. The van der Waals surface area contributed by atoms with E-state index in [9.17, 15) is 4.79 Å². The number of aromatic nitrogens is 1. The Labute approximate surface area is 77.4 Å². The Kier molecular flexibility index (Phi) is 2.34. The molecule has 0 saturated carbocycles. The second kappa shape index (κ2) is 3.64. The molecule has 3 heteroatoms. The lowest BCUT2D eigenvalue weighted by atomic mass is 10.1. The number of aromatic amines is 1. The molecule has 1 aliphatic heterocycles. The van der Waals surface area contributed by atoms with E-state index in [-0.39, 0.29) is 5.56 Å². The van der Waals surface area contributed by atoms with Crippen molar-refractivity contribution in [2.75, 3.05) is 18.0 Å². The first-order valence-corrected chi connectivity index (χ1v) is 4.80. The van der Waals surface area contributed by atoms with Gasteiger partial charge in [-0.3, -0.25) is 4.79 Å². The Morgan fingerprint density at radius 1 is 1.15 bits per heavy atom. The standard InChI is InChI=1S/C10H14N2O/c13-10-6-4-5-9(11-10)12-7-2-1-3-8-12/h4-6H,1-3,7-8H2,(H,11,13).